The molecule has 1 heterocycles. The molecule has 2 N–H and O–H groups in total. The number of nitro groups is 1. The van der Waals surface area contributed by atoms with Crippen LogP contribution in [-0.4, -0.2) is 34.9 Å². The lowest BCUT2D eigenvalue weighted by Gasteiger charge is -2.38. The summed E-state index contributed by atoms with van der Waals surface area (Å²) < 4.78 is 0. The summed E-state index contributed by atoms with van der Waals surface area (Å²) >= 11 is 0. The van der Waals surface area contributed by atoms with Gasteiger partial charge in [-0.05, 0) is 24.8 Å². The quantitative estimate of drug-likeness (QED) is 0.673. The molecule has 6 nitrogen and oxygen atoms in total. The first-order valence-electron chi connectivity index (χ1n) is 6.78. The number of nitro benzene ring substituents is 1. The van der Waals surface area contributed by atoms with Gasteiger partial charge < -0.3 is 10.6 Å². The van der Waals surface area contributed by atoms with Gasteiger partial charge >= 0.3 is 0 Å². The van der Waals surface area contributed by atoms with Gasteiger partial charge in [0.1, 0.15) is 0 Å². The molecular weight excluding hydrogens is 258 g/mol. The van der Waals surface area contributed by atoms with Crippen LogP contribution < -0.4 is 5.73 Å². The predicted molar refractivity (Wildman–Crippen MR) is 75.4 cm³/mol. The summed E-state index contributed by atoms with van der Waals surface area (Å²) in [6, 6.07) is 5.88. The number of carbonyl (C=O) groups excluding carboxylic acids is 1. The average molecular weight is 277 g/mol. The van der Waals surface area contributed by atoms with Crippen molar-refractivity contribution < 1.29 is 9.72 Å². The third-order valence-corrected chi connectivity index (χ3v) is 3.81. The van der Waals surface area contributed by atoms with Crippen molar-refractivity contribution in [2.24, 2.45) is 11.7 Å². The number of nitrogens with two attached hydrogens (primary N) is 1. The summed E-state index contributed by atoms with van der Waals surface area (Å²) in [6.45, 7) is 3.23. The molecule has 2 rings (SSSR count). The minimum absolute atomic E-state index is 0.0190. The molecule has 1 aromatic carbocycles. The number of benzene rings is 1. The van der Waals surface area contributed by atoms with Crippen molar-refractivity contribution in [3.05, 3.63) is 39.9 Å². The molecule has 1 aromatic rings. The van der Waals surface area contributed by atoms with Crippen molar-refractivity contribution in [2.75, 3.05) is 13.1 Å². The lowest BCUT2D eigenvalue weighted by Crippen LogP contribution is -2.49. The summed E-state index contributed by atoms with van der Waals surface area (Å²) in [5.74, 6) is 0.383. The first kappa shape index (κ1) is 14.5. The normalized spacial score (nSPS) is 22.6. The Bertz CT molecular complexity index is 518. The maximum absolute atomic E-state index is 12.5. The molecule has 6 heteroatoms. The van der Waals surface area contributed by atoms with Crippen molar-refractivity contribution in [3.8, 4) is 0 Å². The second-order valence-corrected chi connectivity index (χ2v) is 5.33. The number of hydrogen-bond donors (Lipinski definition) is 1. The van der Waals surface area contributed by atoms with Crippen LogP contribution in [0.25, 0.3) is 0 Å². The summed E-state index contributed by atoms with van der Waals surface area (Å²) in [5, 5.41) is 10.8. The van der Waals surface area contributed by atoms with E-state index >= 15 is 0 Å². The Kier molecular flexibility index (Phi) is 4.34. The first-order chi connectivity index (χ1) is 9.52. The van der Waals surface area contributed by atoms with Crippen LogP contribution in [0.3, 0.4) is 0 Å². The van der Waals surface area contributed by atoms with Crippen LogP contribution in [0, 0.1) is 16.0 Å². The highest BCUT2D eigenvalue weighted by atomic mass is 16.6. The number of likely N-dealkylation sites (tertiary alicyclic amines) is 1. The zero-order valence-electron chi connectivity index (χ0n) is 11.5. The third kappa shape index (κ3) is 2.96. The second kappa shape index (κ2) is 6.00. The molecule has 2 atom stereocenters. The van der Waals surface area contributed by atoms with E-state index in [0.29, 0.717) is 24.6 Å². The SMILES string of the molecule is CC1CCN(C(=O)c2cccc([N+](=O)[O-])c2)C(CN)C1. The fraction of sp³-hybridized carbons (Fsp3) is 0.500. The van der Waals surface area contributed by atoms with Crippen molar-refractivity contribution in [1.29, 1.82) is 0 Å². The highest BCUT2D eigenvalue weighted by Crippen LogP contribution is 2.24. The number of carbonyl (C=O) groups is 1. The second-order valence-electron chi connectivity index (χ2n) is 5.33. The number of non-ortho nitro benzene ring substituents is 1. The maximum atomic E-state index is 12.5. The van der Waals surface area contributed by atoms with Gasteiger partial charge in [0.2, 0.25) is 0 Å². The van der Waals surface area contributed by atoms with Crippen LogP contribution in [0.5, 0.6) is 0 Å². The van der Waals surface area contributed by atoms with Gasteiger partial charge in [-0.1, -0.05) is 13.0 Å². The molecule has 0 aliphatic carbocycles. The van der Waals surface area contributed by atoms with Crippen LogP contribution in [0.4, 0.5) is 5.69 Å². The van der Waals surface area contributed by atoms with E-state index in [0.717, 1.165) is 12.8 Å². The molecule has 0 radical (unpaired) electrons. The lowest BCUT2D eigenvalue weighted by molar-refractivity contribution is -0.384. The number of hydrogen-bond acceptors (Lipinski definition) is 4. The summed E-state index contributed by atoms with van der Waals surface area (Å²) in [6.07, 6.45) is 1.83. The van der Waals surface area contributed by atoms with Gasteiger partial charge in [-0.2, -0.15) is 0 Å². The highest BCUT2D eigenvalue weighted by Gasteiger charge is 2.29. The Hall–Kier alpha value is -1.95. The Morgan fingerprint density at radius 2 is 2.30 bits per heavy atom. The van der Waals surface area contributed by atoms with Crippen LogP contribution in [0.1, 0.15) is 30.1 Å². The van der Waals surface area contributed by atoms with Crippen molar-refractivity contribution in [1.82, 2.24) is 4.90 Å². The molecule has 1 saturated heterocycles. The van der Waals surface area contributed by atoms with Crippen LogP contribution in [0.2, 0.25) is 0 Å². The van der Waals surface area contributed by atoms with Crippen molar-refractivity contribution in [2.45, 2.75) is 25.8 Å². The monoisotopic (exact) mass is 277 g/mol. The Labute approximate surface area is 117 Å². The molecule has 20 heavy (non-hydrogen) atoms. The van der Waals surface area contributed by atoms with Crippen molar-refractivity contribution >= 4 is 11.6 Å². The topological polar surface area (TPSA) is 89.5 Å². The standard InChI is InChI=1S/C14H19N3O3/c1-10-5-6-16(13(7-10)9-15)14(18)11-3-2-4-12(8-11)17(19)20/h2-4,8,10,13H,5-7,9,15H2,1H3. The first-order valence-corrected chi connectivity index (χ1v) is 6.78. The lowest BCUT2D eigenvalue weighted by atomic mass is 9.92. The van der Waals surface area contributed by atoms with E-state index < -0.39 is 4.92 Å². The number of rotatable bonds is 3. The van der Waals surface area contributed by atoms with Crippen LogP contribution in [0.15, 0.2) is 24.3 Å². The molecule has 0 saturated carbocycles. The largest absolute Gasteiger partial charge is 0.334 e. The van der Waals surface area contributed by atoms with E-state index in [2.05, 4.69) is 6.92 Å². The third-order valence-electron chi connectivity index (χ3n) is 3.81. The Balaban J connectivity index is 2.21. The Morgan fingerprint density at radius 3 is 2.95 bits per heavy atom. The molecular formula is C14H19N3O3. The minimum Gasteiger partial charge on any atom is -0.334 e. The van der Waals surface area contributed by atoms with Crippen LogP contribution >= 0.6 is 0 Å². The van der Waals surface area contributed by atoms with Gasteiger partial charge in [-0.3, -0.25) is 14.9 Å². The molecule has 1 aliphatic heterocycles. The van der Waals surface area contributed by atoms with E-state index in [1.807, 2.05) is 0 Å². The average Bonchev–Trinajstić information content (AvgIpc) is 2.46. The smallest absolute Gasteiger partial charge is 0.270 e. The molecule has 0 aromatic heterocycles. The van der Waals surface area contributed by atoms with E-state index in [1.54, 1.807) is 11.0 Å². The van der Waals surface area contributed by atoms with E-state index in [1.165, 1.54) is 18.2 Å². The molecule has 108 valence electrons. The van der Waals surface area contributed by atoms with Crippen molar-refractivity contribution in [3.63, 3.8) is 0 Å². The Morgan fingerprint density at radius 1 is 1.55 bits per heavy atom. The maximum Gasteiger partial charge on any atom is 0.270 e. The van der Waals surface area contributed by atoms with E-state index in [-0.39, 0.29) is 17.6 Å². The van der Waals surface area contributed by atoms with E-state index in [4.69, 9.17) is 5.73 Å². The van der Waals surface area contributed by atoms with E-state index in [9.17, 15) is 14.9 Å². The van der Waals surface area contributed by atoms with Gasteiger partial charge in [0.25, 0.3) is 11.6 Å². The molecule has 0 spiro atoms. The summed E-state index contributed by atoms with van der Waals surface area (Å²) in [7, 11) is 0. The van der Waals surface area contributed by atoms with Gasteiger partial charge in [0.15, 0.2) is 0 Å². The van der Waals surface area contributed by atoms with Crippen LogP contribution in [-0.2, 0) is 0 Å². The molecule has 1 aliphatic rings. The zero-order valence-corrected chi connectivity index (χ0v) is 11.5. The van der Waals surface area contributed by atoms with Gasteiger partial charge in [-0.25, -0.2) is 0 Å². The molecule has 1 fully saturated rings. The number of nitrogens with zero attached hydrogens (tertiary/aromatic N) is 2. The minimum atomic E-state index is -0.491. The fourth-order valence-corrected chi connectivity index (χ4v) is 2.66. The summed E-state index contributed by atoms with van der Waals surface area (Å²) in [4.78, 5) is 24.5. The fourth-order valence-electron chi connectivity index (χ4n) is 2.66. The number of amides is 1. The molecule has 2 unspecified atom stereocenters. The summed E-state index contributed by atoms with van der Waals surface area (Å²) in [5.41, 5.74) is 6.04. The van der Waals surface area contributed by atoms with Gasteiger partial charge in [0, 0.05) is 36.8 Å². The zero-order chi connectivity index (χ0) is 14.7. The highest BCUT2D eigenvalue weighted by molar-refractivity contribution is 5.95. The number of piperidine rings is 1. The molecule has 0 bridgehead atoms. The van der Waals surface area contributed by atoms with Gasteiger partial charge in [0.05, 0.1) is 4.92 Å². The molecule has 1 amide bonds. The predicted octanol–water partition coefficient (Wildman–Crippen LogP) is 1.79. The van der Waals surface area contributed by atoms with Gasteiger partial charge in [-0.15, -0.1) is 0 Å².